The maximum atomic E-state index is 15.0. The van der Waals surface area contributed by atoms with Gasteiger partial charge in [0.15, 0.2) is 5.82 Å². The van der Waals surface area contributed by atoms with Gasteiger partial charge in [-0.15, -0.1) is 0 Å². The van der Waals surface area contributed by atoms with Gasteiger partial charge in [-0.25, -0.2) is 18.2 Å². The Balaban J connectivity index is 1.82. The molecular weight excluding hydrogens is 497 g/mol. The first-order valence-electron chi connectivity index (χ1n) is 10.4. The van der Waals surface area contributed by atoms with E-state index in [1.54, 1.807) is 32.9 Å². The first-order chi connectivity index (χ1) is 17.0. The van der Waals surface area contributed by atoms with E-state index in [0.717, 1.165) is 28.6 Å². The quantitative estimate of drug-likeness (QED) is 0.367. The number of carbonyl (C=O) groups excluding carboxylic acids is 1. The van der Waals surface area contributed by atoms with E-state index in [1.807, 2.05) is 0 Å². The summed E-state index contributed by atoms with van der Waals surface area (Å²) in [6.45, 7) is 4.93. The molecule has 36 heavy (non-hydrogen) atoms. The minimum atomic E-state index is -4.55. The summed E-state index contributed by atoms with van der Waals surface area (Å²) in [5.74, 6) is -5.33. The zero-order valence-electron chi connectivity index (χ0n) is 19.2. The molecule has 0 aliphatic carbocycles. The smallest absolute Gasteiger partial charge is 0.341 e. The van der Waals surface area contributed by atoms with E-state index in [1.165, 1.54) is 12.4 Å². The fourth-order valence-electron chi connectivity index (χ4n) is 3.73. The number of hydrogen-bond acceptors (Lipinski definition) is 7. The lowest BCUT2D eigenvalue weighted by molar-refractivity contribution is 0.0960. The maximum Gasteiger partial charge on any atom is 0.341 e. The Morgan fingerprint density at radius 3 is 2.31 bits per heavy atom. The van der Waals surface area contributed by atoms with Crippen molar-refractivity contribution < 1.29 is 30.6 Å². The Morgan fingerprint density at radius 1 is 1.00 bits per heavy atom. The molecule has 0 bridgehead atoms. The molecule has 0 saturated carbocycles. The fraction of sp³-hybridized carbons (Fsp3) is 0.125. The number of imidazole rings is 1. The third kappa shape index (κ3) is 4.93. The van der Waals surface area contributed by atoms with E-state index >= 15 is 4.39 Å². The van der Waals surface area contributed by atoms with Gasteiger partial charge < -0.3 is 9.50 Å². The Kier molecular flexibility index (Phi) is 6.55. The molecule has 0 saturated heterocycles. The Morgan fingerprint density at radius 2 is 1.69 bits per heavy atom. The lowest BCUT2D eigenvalue weighted by Crippen LogP contribution is -2.18. The van der Waals surface area contributed by atoms with E-state index in [-0.39, 0.29) is 16.1 Å². The van der Waals surface area contributed by atoms with Crippen LogP contribution in [-0.2, 0) is 10.1 Å². The van der Waals surface area contributed by atoms with E-state index in [9.17, 15) is 22.0 Å². The SMILES string of the molecule is Cc1cc(C)c(S(=O)(=O)Oc2nc(Nc3ccc(F)cc3F)c(C(=O)n3ccnc3)cc2F)c(C)c1. The number of rotatable bonds is 6. The summed E-state index contributed by atoms with van der Waals surface area (Å²) in [6, 6.07) is 6.55. The van der Waals surface area contributed by atoms with Crippen LogP contribution < -0.4 is 9.50 Å². The second-order valence-corrected chi connectivity index (χ2v) is 9.44. The highest BCUT2D eigenvalue weighted by molar-refractivity contribution is 7.87. The van der Waals surface area contributed by atoms with Gasteiger partial charge in [-0.1, -0.05) is 17.7 Å². The normalized spacial score (nSPS) is 11.4. The van der Waals surface area contributed by atoms with Gasteiger partial charge in [-0.3, -0.25) is 9.36 Å². The van der Waals surface area contributed by atoms with Crippen molar-refractivity contribution in [3.63, 3.8) is 0 Å². The second-order valence-electron chi connectivity index (χ2n) is 7.96. The highest BCUT2D eigenvalue weighted by atomic mass is 32.2. The average molecular weight is 517 g/mol. The third-order valence-electron chi connectivity index (χ3n) is 5.14. The van der Waals surface area contributed by atoms with Gasteiger partial charge in [0.2, 0.25) is 0 Å². The van der Waals surface area contributed by atoms with Crippen molar-refractivity contribution in [3.05, 3.63) is 94.8 Å². The molecule has 0 aliphatic rings. The van der Waals surface area contributed by atoms with Crippen LogP contribution in [0.25, 0.3) is 0 Å². The molecule has 4 rings (SSSR count). The molecule has 0 fully saturated rings. The predicted octanol–water partition coefficient (Wildman–Crippen LogP) is 4.82. The van der Waals surface area contributed by atoms with Gasteiger partial charge in [-0.05, 0) is 50.1 Å². The Hall–Kier alpha value is -4.19. The first-order valence-corrected chi connectivity index (χ1v) is 11.8. The molecule has 2 aromatic carbocycles. The molecule has 8 nitrogen and oxygen atoms in total. The average Bonchev–Trinajstić information content (AvgIpc) is 3.31. The van der Waals surface area contributed by atoms with Crippen molar-refractivity contribution in [2.75, 3.05) is 5.32 Å². The maximum absolute atomic E-state index is 15.0. The molecule has 2 aromatic heterocycles. The van der Waals surface area contributed by atoms with Crippen LogP contribution in [0.1, 0.15) is 27.0 Å². The monoisotopic (exact) mass is 516 g/mol. The number of aromatic nitrogens is 3. The lowest BCUT2D eigenvalue weighted by Gasteiger charge is -2.16. The van der Waals surface area contributed by atoms with Crippen LogP contribution in [0.5, 0.6) is 5.88 Å². The molecule has 0 spiro atoms. The molecule has 1 N–H and O–H groups in total. The summed E-state index contributed by atoms with van der Waals surface area (Å²) >= 11 is 0. The molecule has 0 aliphatic heterocycles. The number of halogens is 3. The Labute approximate surface area is 204 Å². The minimum absolute atomic E-state index is 0.160. The zero-order valence-corrected chi connectivity index (χ0v) is 20.0. The van der Waals surface area contributed by atoms with Crippen molar-refractivity contribution in [1.29, 1.82) is 0 Å². The lowest BCUT2D eigenvalue weighted by atomic mass is 10.1. The van der Waals surface area contributed by atoms with Gasteiger partial charge in [0.1, 0.15) is 28.7 Å². The van der Waals surface area contributed by atoms with E-state index in [0.29, 0.717) is 23.3 Å². The number of aryl methyl sites for hydroxylation is 3. The largest absolute Gasteiger partial charge is 0.355 e. The summed E-state index contributed by atoms with van der Waals surface area (Å²) < 4.78 is 74.8. The molecule has 0 atom stereocenters. The van der Waals surface area contributed by atoms with Crippen molar-refractivity contribution in [2.45, 2.75) is 25.7 Å². The van der Waals surface area contributed by atoms with Crippen LogP contribution >= 0.6 is 0 Å². The van der Waals surface area contributed by atoms with Crippen molar-refractivity contribution >= 4 is 27.5 Å². The molecule has 0 radical (unpaired) electrons. The molecule has 0 amide bonds. The summed E-state index contributed by atoms with van der Waals surface area (Å²) in [5, 5.41) is 2.49. The van der Waals surface area contributed by atoms with Crippen LogP contribution in [0.3, 0.4) is 0 Å². The van der Waals surface area contributed by atoms with Crippen molar-refractivity contribution in [3.8, 4) is 5.88 Å². The second kappa shape index (κ2) is 9.46. The number of anilines is 2. The molecule has 2 heterocycles. The number of nitrogens with zero attached hydrogens (tertiary/aromatic N) is 3. The first kappa shape index (κ1) is 24.9. The third-order valence-corrected chi connectivity index (χ3v) is 6.66. The van der Waals surface area contributed by atoms with Crippen molar-refractivity contribution in [2.24, 2.45) is 0 Å². The topological polar surface area (TPSA) is 103 Å². The molecule has 0 unspecified atom stereocenters. The Bertz CT molecular complexity index is 1570. The molecule has 4 aromatic rings. The van der Waals surface area contributed by atoms with Gasteiger partial charge in [0, 0.05) is 18.5 Å². The van der Waals surface area contributed by atoms with Gasteiger partial charge in [0.05, 0.1) is 11.3 Å². The number of nitrogens with one attached hydrogen (secondary N) is 1. The van der Waals surface area contributed by atoms with Crippen LogP contribution in [0, 0.1) is 38.2 Å². The number of hydrogen-bond donors (Lipinski definition) is 1. The summed E-state index contributed by atoms with van der Waals surface area (Å²) in [5.41, 5.74) is 0.900. The van der Waals surface area contributed by atoms with Crippen molar-refractivity contribution in [1.82, 2.24) is 14.5 Å². The fourth-order valence-corrected chi connectivity index (χ4v) is 5.05. The molecule has 12 heteroatoms. The van der Waals surface area contributed by atoms with Gasteiger partial charge in [0.25, 0.3) is 11.8 Å². The predicted molar refractivity (Wildman–Crippen MR) is 124 cm³/mol. The van der Waals surface area contributed by atoms with Crippen LogP contribution in [0.15, 0.2) is 60.0 Å². The highest BCUT2D eigenvalue weighted by Gasteiger charge is 2.27. The highest BCUT2D eigenvalue weighted by Crippen LogP contribution is 2.30. The summed E-state index contributed by atoms with van der Waals surface area (Å²) in [7, 11) is -4.55. The number of carbonyl (C=O) groups is 1. The summed E-state index contributed by atoms with van der Waals surface area (Å²) in [6.07, 6.45) is 3.76. The molecular formula is C24H19F3N4O4S. The van der Waals surface area contributed by atoms with Crippen LogP contribution in [0.4, 0.5) is 24.7 Å². The number of pyridine rings is 1. The van der Waals surface area contributed by atoms with Gasteiger partial charge >= 0.3 is 10.1 Å². The standard InChI is InChI=1S/C24H19F3N4O4S/c1-13-8-14(2)21(15(3)9-13)36(33,34)35-23-19(27)11-17(24(32)31-7-6-28-12-31)22(30-23)29-20-5-4-16(25)10-18(20)26/h4-12H,1-3H3,(H,29,30). The van der Waals surface area contributed by atoms with Crippen LogP contribution in [-0.4, -0.2) is 28.9 Å². The molecule has 186 valence electrons. The zero-order chi connectivity index (χ0) is 26.2. The number of benzene rings is 2. The summed E-state index contributed by atoms with van der Waals surface area (Å²) in [4.78, 5) is 20.4. The van der Waals surface area contributed by atoms with E-state index in [2.05, 4.69) is 15.3 Å². The minimum Gasteiger partial charge on any atom is -0.355 e. The van der Waals surface area contributed by atoms with Crippen LogP contribution in [0.2, 0.25) is 0 Å². The van der Waals surface area contributed by atoms with E-state index < -0.39 is 45.2 Å². The van der Waals surface area contributed by atoms with Gasteiger partial charge in [-0.2, -0.15) is 13.4 Å². The van der Waals surface area contributed by atoms with E-state index in [4.69, 9.17) is 4.18 Å².